The molecule has 1 atom stereocenters. The molecule has 2 fully saturated rings. The van der Waals surface area contributed by atoms with Crippen LogP contribution in [0, 0.1) is 5.82 Å². The van der Waals surface area contributed by atoms with Crippen LogP contribution in [0.2, 0.25) is 0 Å². The van der Waals surface area contributed by atoms with Crippen molar-refractivity contribution < 1.29 is 18.7 Å². The van der Waals surface area contributed by atoms with Crippen LogP contribution in [-0.4, -0.2) is 65.4 Å². The van der Waals surface area contributed by atoms with Crippen LogP contribution < -0.4 is 29.9 Å². The molecule has 36 heavy (non-hydrogen) atoms. The summed E-state index contributed by atoms with van der Waals surface area (Å²) in [6.45, 7) is 6.06. The van der Waals surface area contributed by atoms with Crippen LogP contribution >= 0.6 is 0 Å². The van der Waals surface area contributed by atoms with Gasteiger partial charge < -0.3 is 29.9 Å². The highest BCUT2D eigenvalue weighted by Gasteiger charge is 2.18. The molecule has 2 aliphatic rings. The summed E-state index contributed by atoms with van der Waals surface area (Å²) in [6, 6.07) is 11.3. The lowest BCUT2D eigenvalue weighted by Gasteiger charge is -2.30. The zero-order valence-electron chi connectivity index (χ0n) is 21.3. The normalized spacial score (nSPS) is 16.9. The number of benzene rings is 2. The van der Waals surface area contributed by atoms with Crippen LogP contribution in [0.5, 0.6) is 11.5 Å². The maximum Gasteiger partial charge on any atom is 0.207 e. The van der Waals surface area contributed by atoms with Crippen molar-refractivity contribution in [2.24, 2.45) is 0 Å². The summed E-state index contributed by atoms with van der Waals surface area (Å²) in [5.41, 5.74) is 3.22. The fourth-order valence-electron chi connectivity index (χ4n) is 5.08. The zero-order chi connectivity index (χ0) is 25.2. The maximum atomic E-state index is 14.5. The van der Waals surface area contributed by atoms with Gasteiger partial charge in [-0.2, -0.15) is 0 Å². The number of rotatable bonds is 12. The predicted octanol–water partition coefficient (Wildman–Crippen LogP) is 3.75. The number of anilines is 2. The van der Waals surface area contributed by atoms with Gasteiger partial charge in [-0.25, -0.2) is 4.39 Å². The third-order valence-electron chi connectivity index (χ3n) is 7.03. The summed E-state index contributed by atoms with van der Waals surface area (Å²) in [5.74, 6) is 1.14. The second kappa shape index (κ2) is 13.3. The number of hydrogen-bond donors (Lipinski definition) is 2. The van der Waals surface area contributed by atoms with Crippen molar-refractivity contribution in [1.29, 1.82) is 0 Å². The zero-order valence-corrected chi connectivity index (χ0v) is 21.3. The van der Waals surface area contributed by atoms with Crippen LogP contribution in [-0.2, 0) is 11.2 Å². The molecule has 2 aromatic carbocycles. The molecule has 2 aliphatic heterocycles. The molecular formula is C28H39FN4O3. The Hall–Kier alpha value is -3.00. The van der Waals surface area contributed by atoms with Crippen molar-refractivity contribution in [1.82, 2.24) is 10.6 Å². The van der Waals surface area contributed by atoms with Crippen molar-refractivity contribution in [3.63, 3.8) is 0 Å². The Morgan fingerprint density at radius 3 is 2.58 bits per heavy atom. The molecule has 0 saturated carbocycles. The monoisotopic (exact) mass is 498 g/mol. The molecule has 2 aromatic rings. The standard InChI is InChI=1S/C28H39FN4O3/c1-35-28-8-6-22(17-27(28)33-13-3-2-4-14-33)5-7-25(9-10-31-21-34)36-26-19-23(29)18-24(20-26)32-15-11-30-12-16-32/h6,8,17-21,25,30H,2-5,7,9-16H2,1H3,(H,31,34). The van der Waals surface area contributed by atoms with Gasteiger partial charge in [-0.15, -0.1) is 0 Å². The molecule has 2 saturated heterocycles. The Morgan fingerprint density at radius 1 is 1.03 bits per heavy atom. The molecule has 4 rings (SSSR count). The lowest BCUT2D eigenvalue weighted by atomic mass is 10.0. The number of aryl methyl sites for hydroxylation is 1. The minimum atomic E-state index is -0.299. The van der Waals surface area contributed by atoms with E-state index in [0.29, 0.717) is 25.1 Å². The summed E-state index contributed by atoms with van der Waals surface area (Å²) in [5, 5.41) is 6.06. The molecule has 1 amide bonds. The van der Waals surface area contributed by atoms with Gasteiger partial charge in [0.25, 0.3) is 0 Å². The van der Waals surface area contributed by atoms with Gasteiger partial charge in [-0.3, -0.25) is 4.79 Å². The average molecular weight is 499 g/mol. The first-order valence-corrected chi connectivity index (χ1v) is 13.2. The lowest BCUT2D eigenvalue weighted by molar-refractivity contribution is -0.109. The molecule has 0 aromatic heterocycles. The number of amides is 1. The van der Waals surface area contributed by atoms with Gasteiger partial charge in [-0.05, 0) is 55.9 Å². The van der Waals surface area contributed by atoms with E-state index in [-0.39, 0.29) is 11.9 Å². The number of nitrogens with zero attached hydrogens (tertiary/aromatic N) is 2. The number of piperazine rings is 1. The molecule has 0 bridgehead atoms. The predicted molar refractivity (Wildman–Crippen MR) is 142 cm³/mol. The summed E-state index contributed by atoms with van der Waals surface area (Å²) < 4.78 is 26.4. The highest BCUT2D eigenvalue weighted by molar-refractivity contribution is 5.60. The number of hydrogen-bond acceptors (Lipinski definition) is 6. The smallest absolute Gasteiger partial charge is 0.207 e. The summed E-state index contributed by atoms with van der Waals surface area (Å²) >= 11 is 0. The highest BCUT2D eigenvalue weighted by atomic mass is 19.1. The molecular weight excluding hydrogens is 459 g/mol. The van der Waals surface area contributed by atoms with Gasteiger partial charge >= 0.3 is 0 Å². The van der Waals surface area contributed by atoms with E-state index in [1.165, 1.54) is 30.9 Å². The minimum Gasteiger partial charge on any atom is -0.495 e. The molecule has 1 unspecified atom stereocenters. The van der Waals surface area contributed by atoms with Crippen molar-refractivity contribution in [2.75, 3.05) is 62.7 Å². The Morgan fingerprint density at radius 2 is 1.83 bits per heavy atom. The van der Waals surface area contributed by atoms with E-state index in [1.807, 2.05) is 6.07 Å². The van der Waals surface area contributed by atoms with Gasteiger partial charge in [0, 0.05) is 70.1 Å². The lowest BCUT2D eigenvalue weighted by Crippen LogP contribution is -2.43. The first kappa shape index (κ1) is 26.1. The molecule has 196 valence electrons. The number of methoxy groups -OCH3 is 1. The van der Waals surface area contributed by atoms with Crippen LogP contribution in [0.15, 0.2) is 36.4 Å². The van der Waals surface area contributed by atoms with Crippen LogP contribution in [0.1, 0.15) is 37.7 Å². The third kappa shape index (κ3) is 7.26. The van der Waals surface area contributed by atoms with Crippen LogP contribution in [0.3, 0.4) is 0 Å². The Kier molecular flexibility index (Phi) is 9.67. The molecule has 2 N–H and O–H groups in total. The van der Waals surface area contributed by atoms with Gasteiger partial charge in [0.2, 0.25) is 6.41 Å². The fraction of sp³-hybridized carbons (Fsp3) is 0.536. The number of halogens is 1. The van der Waals surface area contributed by atoms with Crippen molar-refractivity contribution >= 4 is 17.8 Å². The molecule has 2 heterocycles. The summed E-state index contributed by atoms with van der Waals surface area (Å²) in [4.78, 5) is 15.4. The van der Waals surface area contributed by atoms with E-state index < -0.39 is 0 Å². The molecule has 7 nitrogen and oxygen atoms in total. The summed E-state index contributed by atoms with van der Waals surface area (Å²) in [6.07, 6.45) is 6.46. The second-order valence-corrected chi connectivity index (χ2v) is 9.58. The number of carbonyl (C=O) groups is 1. The first-order chi connectivity index (χ1) is 17.7. The fourth-order valence-corrected chi connectivity index (χ4v) is 5.08. The molecule has 0 radical (unpaired) electrons. The minimum absolute atomic E-state index is 0.157. The molecule has 8 heteroatoms. The van der Waals surface area contributed by atoms with E-state index in [1.54, 1.807) is 13.2 Å². The Bertz CT molecular complexity index is 977. The van der Waals surface area contributed by atoms with E-state index >= 15 is 0 Å². The largest absolute Gasteiger partial charge is 0.495 e. The van der Waals surface area contributed by atoms with E-state index in [4.69, 9.17) is 9.47 Å². The molecule has 0 aliphatic carbocycles. The average Bonchev–Trinajstić information content (AvgIpc) is 2.92. The number of piperidine rings is 1. The maximum absolute atomic E-state index is 14.5. The second-order valence-electron chi connectivity index (χ2n) is 9.58. The van der Waals surface area contributed by atoms with Crippen molar-refractivity contribution in [3.8, 4) is 11.5 Å². The third-order valence-corrected chi connectivity index (χ3v) is 7.03. The van der Waals surface area contributed by atoms with Crippen LogP contribution in [0.4, 0.5) is 15.8 Å². The topological polar surface area (TPSA) is 66.1 Å². The number of ether oxygens (including phenoxy) is 2. The van der Waals surface area contributed by atoms with Gasteiger partial charge in [0.15, 0.2) is 0 Å². The van der Waals surface area contributed by atoms with Gasteiger partial charge in [0.1, 0.15) is 23.4 Å². The molecule has 0 spiro atoms. The first-order valence-electron chi connectivity index (χ1n) is 13.2. The van der Waals surface area contributed by atoms with E-state index in [2.05, 4.69) is 38.6 Å². The van der Waals surface area contributed by atoms with Crippen LogP contribution in [0.25, 0.3) is 0 Å². The van der Waals surface area contributed by atoms with E-state index in [0.717, 1.165) is 69.2 Å². The summed E-state index contributed by atoms with van der Waals surface area (Å²) in [7, 11) is 1.72. The van der Waals surface area contributed by atoms with Crippen molar-refractivity contribution in [3.05, 3.63) is 47.8 Å². The van der Waals surface area contributed by atoms with Gasteiger partial charge in [0.05, 0.1) is 12.8 Å². The van der Waals surface area contributed by atoms with E-state index in [9.17, 15) is 9.18 Å². The quantitative estimate of drug-likeness (QED) is 0.343. The SMILES string of the molecule is COc1ccc(CCC(CCNC=O)Oc2cc(F)cc(N3CCNCC3)c2)cc1N1CCCCC1. The van der Waals surface area contributed by atoms with Crippen molar-refractivity contribution in [2.45, 2.75) is 44.6 Å². The number of carbonyl (C=O) groups excluding carboxylic acids is 1. The Labute approximate surface area is 213 Å². The Balaban J connectivity index is 1.45. The highest BCUT2D eigenvalue weighted by Crippen LogP contribution is 2.32. The van der Waals surface area contributed by atoms with Gasteiger partial charge in [-0.1, -0.05) is 6.07 Å². The number of nitrogens with one attached hydrogen (secondary N) is 2.